The number of esters is 1. The number of aryl methyl sites for hydroxylation is 2. The van der Waals surface area contributed by atoms with Crippen LogP contribution in [0.15, 0.2) is 36.4 Å². The molecule has 0 saturated carbocycles. The van der Waals surface area contributed by atoms with Crippen molar-refractivity contribution in [2.24, 2.45) is 0 Å². The van der Waals surface area contributed by atoms with Gasteiger partial charge in [-0.25, -0.2) is 4.79 Å². The van der Waals surface area contributed by atoms with Crippen molar-refractivity contribution in [3.05, 3.63) is 58.7 Å². The molecule has 164 valence electrons. The Morgan fingerprint density at radius 3 is 2.37 bits per heavy atom. The lowest BCUT2D eigenvalue weighted by Gasteiger charge is -2.13. The van der Waals surface area contributed by atoms with Gasteiger partial charge in [-0.3, -0.25) is 4.79 Å². The molecular formula is C23H32N2O5. The van der Waals surface area contributed by atoms with Crippen molar-refractivity contribution in [2.45, 2.75) is 39.7 Å². The quantitative estimate of drug-likeness (QED) is 0.472. The maximum Gasteiger partial charge on any atom is 0.339 e. The second-order valence-electron chi connectivity index (χ2n) is 6.68. The lowest BCUT2D eigenvalue weighted by Crippen LogP contribution is -2.22. The topological polar surface area (TPSA) is 111 Å². The van der Waals surface area contributed by atoms with E-state index in [1.54, 1.807) is 31.4 Å². The molecule has 7 heteroatoms. The molecular weight excluding hydrogens is 384 g/mol. The van der Waals surface area contributed by atoms with E-state index in [1.165, 1.54) is 7.11 Å². The molecule has 0 heterocycles. The van der Waals surface area contributed by atoms with Crippen molar-refractivity contribution in [3.8, 4) is 5.75 Å². The van der Waals surface area contributed by atoms with Gasteiger partial charge in [0.1, 0.15) is 5.75 Å². The van der Waals surface area contributed by atoms with Gasteiger partial charge < -0.3 is 25.6 Å². The van der Waals surface area contributed by atoms with Crippen molar-refractivity contribution in [3.63, 3.8) is 0 Å². The maximum absolute atomic E-state index is 11.3. The summed E-state index contributed by atoms with van der Waals surface area (Å²) in [6.07, 6.45) is 0.650. The van der Waals surface area contributed by atoms with Crippen LogP contribution in [0.25, 0.3) is 0 Å². The van der Waals surface area contributed by atoms with Crippen LogP contribution in [0.5, 0.6) is 5.75 Å². The zero-order valence-electron chi connectivity index (χ0n) is 18.3. The highest BCUT2D eigenvalue weighted by molar-refractivity contribution is 5.95. The van der Waals surface area contributed by atoms with Crippen LogP contribution < -0.4 is 15.8 Å². The molecule has 0 aliphatic carbocycles. The number of aliphatic hydroxyl groups excluding tert-OH is 1. The molecule has 4 N–H and O–H groups in total. The number of aliphatic hydroxyl groups is 1. The highest BCUT2D eigenvalue weighted by Crippen LogP contribution is 2.25. The average Bonchev–Trinajstić information content (AvgIpc) is 2.75. The number of nitrogens with one attached hydrogen (secondary N) is 1. The summed E-state index contributed by atoms with van der Waals surface area (Å²) < 4.78 is 9.73. The maximum atomic E-state index is 11.3. The Labute approximate surface area is 178 Å². The highest BCUT2D eigenvalue weighted by Gasteiger charge is 2.19. The Bertz CT molecular complexity index is 851. The van der Waals surface area contributed by atoms with Gasteiger partial charge in [-0.1, -0.05) is 31.5 Å². The zero-order valence-corrected chi connectivity index (χ0v) is 18.3. The number of carbonyl (C=O) groups is 2. The molecule has 1 atom stereocenters. The first kappa shape index (κ1) is 25.0. The monoisotopic (exact) mass is 416 g/mol. The van der Waals surface area contributed by atoms with Gasteiger partial charge in [-0.05, 0) is 55.2 Å². The highest BCUT2D eigenvalue weighted by atomic mass is 16.5. The number of nitrogens with two attached hydrogens (primary N) is 1. The summed E-state index contributed by atoms with van der Waals surface area (Å²) in [6, 6.07) is 10.6. The van der Waals surface area contributed by atoms with E-state index in [0.29, 0.717) is 29.1 Å². The number of ether oxygens (including phenoxy) is 2. The van der Waals surface area contributed by atoms with E-state index in [1.807, 2.05) is 26.0 Å². The number of nitrogen functional groups attached to an aromatic ring is 1. The van der Waals surface area contributed by atoms with Crippen LogP contribution in [-0.4, -0.2) is 37.7 Å². The summed E-state index contributed by atoms with van der Waals surface area (Å²) >= 11 is 0. The van der Waals surface area contributed by atoms with Crippen molar-refractivity contribution >= 4 is 17.6 Å². The fourth-order valence-electron chi connectivity index (χ4n) is 2.70. The van der Waals surface area contributed by atoms with Crippen molar-refractivity contribution in [1.29, 1.82) is 0 Å². The number of amides is 1. The van der Waals surface area contributed by atoms with Gasteiger partial charge in [0, 0.05) is 17.8 Å². The Morgan fingerprint density at radius 2 is 1.83 bits per heavy atom. The first-order valence-electron chi connectivity index (χ1n) is 9.85. The Morgan fingerprint density at radius 1 is 1.13 bits per heavy atom. The average molecular weight is 417 g/mol. The minimum atomic E-state index is -1.26. The molecule has 1 unspecified atom stereocenters. The molecule has 0 radical (unpaired) electrons. The molecule has 0 aliphatic heterocycles. The summed E-state index contributed by atoms with van der Waals surface area (Å²) in [4.78, 5) is 22.6. The standard InChI is InChI=1S/C13H18O4.C10H14N2O/c1-4-5-9-6-7-10(8-11(9)16-2)12(14)13(15)17-3;1-3-12-10(13)8-5-4-7(2)9(11)6-8/h6-8,12,14H,4-5H2,1-3H3;4-6H,3,11H2,1-2H3,(H,12,13). The largest absolute Gasteiger partial charge is 0.496 e. The van der Waals surface area contributed by atoms with Gasteiger partial charge in [0.15, 0.2) is 6.10 Å². The molecule has 30 heavy (non-hydrogen) atoms. The van der Waals surface area contributed by atoms with Crippen LogP contribution >= 0.6 is 0 Å². The fourth-order valence-corrected chi connectivity index (χ4v) is 2.70. The molecule has 2 rings (SSSR count). The Hall–Kier alpha value is -3.06. The molecule has 0 saturated heterocycles. The Kier molecular flexibility index (Phi) is 10.4. The SMILES string of the molecule is CCCc1ccc(C(O)C(=O)OC)cc1OC.CCNC(=O)c1ccc(C)c(N)c1. The summed E-state index contributed by atoms with van der Waals surface area (Å²) in [5.74, 6) is -0.0585. The van der Waals surface area contributed by atoms with E-state index in [-0.39, 0.29) is 5.91 Å². The third-order valence-electron chi connectivity index (χ3n) is 4.45. The molecule has 0 bridgehead atoms. The molecule has 0 aliphatic rings. The number of rotatable bonds is 7. The number of methoxy groups -OCH3 is 2. The van der Waals surface area contributed by atoms with Gasteiger partial charge in [0.05, 0.1) is 14.2 Å². The van der Waals surface area contributed by atoms with Crippen LogP contribution in [-0.2, 0) is 16.0 Å². The molecule has 0 spiro atoms. The van der Waals surface area contributed by atoms with Crippen LogP contribution in [0.1, 0.15) is 53.4 Å². The van der Waals surface area contributed by atoms with Crippen molar-refractivity contribution < 1.29 is 24.2 Å². The minimum Gasteiger partial charge on any atom is -0.496 e. The van der Waals surface area contributed by atoms with Crippen LogP contribution in [0.2, 0.25) is 0 Å². The van der Waals surface area contributed by atoms with Crippen LogP contribution in [0, 0.1) is 6.92 Å². The van der Waals surface area contributed by atoms with E-state index < -0.39 is 12.1 Å². The molecule has 0 aromatic heterocycles. The van der Waals surface area contributed by atoms with Crippen LogP contribution in [0.4, 0.5) is 5.69 Å². The van der Waals surface area contributed by atoms with Gasteiger partial charge in [-0.2, -0.15) is 0 Å². The summed E-state index contributed by atoms with van der Waals surface area (Å²) in [5, 5.41) is 12.4. The molecule has 1 amide bonds. The zero-order chi connectivity index (χ0) is 22.7. The predicted octanol–water partition coefficient (Wildman–Crippen LogP) is 3.18. The third-order valence-corrected chi connectivity index (χ3v) is 4.45. The molecule has 0 fully saturated rings. The predicted molar refractivity (Wildman–Crippen MR) is 118 cm³/mol. The summed E-state index contributed by atoms with van der Waals surface area (Å²) in [5.41, 5.74) is 9.49. The fraction of sp³-hybridized carbons (Fsp3) is 0.391. The van der Waals surface area contributed by atoms with E-state index >= 15 is 0 Å². The number of hydrogen-bond donors (Lipinski definition) is 3. The second kappa shape index (κ2) is 12.5. The van der Waals surface area contributed by atoms with Crippen molar-refractivity contribution in [2.75, 3.05) is 26.5 Å². The molecule has 7 nitrogen and oxygen atoms in total. The Balaban J connectivity index is 0.000000311. The van der Waals surface area contributed by atoms with E-state index in [2.05, 4.69) is 17.0 Å². The number of carbonyl (C=O) groups excluding carboxylic acids is 2. The lowest BCUT2D eigenvalue weighted by molar-refractivity contribution is -0.150. The first-order chi connectivity index (χ1) is 14.3. The summed E-state index contributed by atoms with van der Waals surface area (Å²) in [7, 11) is 2.82. The number of anilines is 1. The van der Waals surface area contributed by atoms with Gasteiger partial charge >= 0.3 is 5.97 Å². The second-order valence-corrected chi connectivity index (χ2v) is 6.68. The van der Waals surface area contributed by atoms with Gasteiger partial charge in [-0.15, -0.1) is 0 Å². The molecule has 2 aromatic rings. The normalized spacial score (nSPS) is 11.0. The lowest BCUT2D eigenvalue weighted by atomic mass is 10.0. The summed E-state index contributed by atoms with van der Waals surface area (Å²) in [6.45, 7) is 6.51. The number of hydrogen-bond acceptors (Lipinski definition) is 6. The smallest absolute Gasteiger partial charge is 0.339 e. The van der Waals surface area contributed by atoms with E-state index in [4.69, 9.17) is 10.5 Å². The van der Waals surface area contributed by atoms with Crippen LogP contribution in [0.3, 0.4) is 0 Å². The van der Waals surface area contributed by atoms with E-state index in [0.717, 1.165) is 24.0 Å². The van der Waals surface area contributed by atoms with E-state index in [9.17, 15) is 14.7 Å². The minimum absolute atomic E-state index is 0.0748. The first-order valence-corrected chi connectivity index (χ1v) is 9.85. The van der Waals surface area contributed by atoms with Gasteiger partial charge in [0.2, 0.25) is 0 Å². The third kappa shape index (κ3) is 7.08. The van der Waals surface area contributed by atoms with Crippen molar-refractivity contribution in [1.82, 2.24) is 5.32 Å². The number of benzene rings is 2. The molecule has 2 aromatic carbocycles. The van der Waals surface area contributed by atoms with Gasteiger partial charge in [0.25, 0.3) is 5.91 Å².